The van der Waals surface area contributed by atoms with Gasteiger partial charge in [0.2, 0.25) is 11.9 Å². The monoisotopic (exact) mass is 951 g/mol. The lowest BCUT2D eigenvalue weighted by molar-refractivity contribution is 0.393. The van der Waals surface area contributed by atoms with E-state index in [-0.39, 0.29) is 11.9 Å². The molecule has 12 rings (SSSR count). The highest BCUT2D eigenvalue weighted by Gasteiger charge is 2.26. The maximum atomic E-state index is 6.25. The van der Waals surface area contributed by atoms with Gasteiger partial charge >= 0.3 is 0 Å². The van der Waals surface area contributed by atoms with Crippen molar-refractivity contribution in [1.29, 1.82) is 0 Å². The van der Waals surface area contributed by atoms with Gasteiger partial charge in [-0.15, -0.1) is 0 Å². The second-order valence-corrected chi connectivity index (χ2v) is 17.7. The number of methoxy groups -OCH3 is 2. The van der Waals surface area contributed by atoms with Gasteiger partial charge in [0, 0.05) is 69.1 Å². The molecule has 2 aliphatic carbocycles. The lowest BCUT2D eigenvalue weighted by atomic mass is 10.00. The summed E-state index contributed by atoms with van der Waals surface area (Å²) in [7, 11) is 3.30. The summed E-state index contributed by atoms with van der Waals surface area (Å²) in [4.78, 5) is 24.1. The van der Waals surface area contributed by atoms with Crippen LogP contribution in [-0.2, 0) is 45.2 Å². The van der Waals surface area contributed by atoms with Gasteiger partial charge in [-0.3, -0.25) is 4.68 Å². The van der Waals surface area contributed by atoms with E-state index in [9.17, 15) is 0 Å². The quantitative estimate of drug-likeness (QED) is 0.0890. The Bertz CT molecular complexity index is 3570. The Labute approximate surface area is 401 Å². The third-order valence-corrected chi connectivity index (χ3v) is 13.5. The molecule has 0 saturated carbocycles. The zero-order valence-corrected chi connectivity index (χ0v) is 40.6. The normalized spacial score (nSPS) is 13.0. The van der Waals surface area contributed by atoms with Gasteiger partial charge < -0.3 is 45.7 Å². The lowest BCUT2D eigenvalue weighted by Crippen LogP contribution is -2.08. The summed E-state index contributed by atoms with van der Waals surface area (Å²) in [6, 6.07) is 7.98. The number of hydrogen-bond donors (Lipinski definition) is 5. The van der Waals surface area contributed by atoms with Crippen molar-refractivity contribution >= 4 is 73.2 Å². The molecule has 0 spiro atoms. The Kier molecular flexibility index (Phi) is 11.6. The van der Waals surface area contributed by atoms with E-state index >= 15 is 0 Å². The van der Waals surface area contributed by atoms with Crippen molar-refractivity contribution in [2.45, 2.75) is 99.6 Å². The zero-order valence-electron chi connectivity index (χ0n) is 39.9. The van der Waals surface area contributed by atoms with Gasteiger partial charge in [0.25, 0.3) is 0 Å². The Morgan fingerprint density at radius 3 is 1.68 bits per heavy atom. The molecule has 356 valence electrons. The minimum absolute atomic E-state index is 0.122. The van der Waals surface area contributed by atoms with Gasteiger partial charge in [0.05, 0.1) is 59.2 Å². The summed E-state index contributed by atoms with van der Waals surface area (Å²) in [6.45, 7) is 13.5. The fraction of sp³-hybridized carbons (Fsp3) is 0.347. The molecule has 0 unspecified atom stereocenters. The average molecular weight is 953 g/mol. The largest absolute Gasteiger partial charge is 0.496 e. The lowest BCUT2D eigenvalue weighted by Gasteiger charge is -2.10. The van der Waals surface area contributed by atoms with Crippen LogP contribution in [0.15, 0.2) is 33.3 Å². The molecule has 8 aromatic heterocycles. The van der Waals surface area contributed by atoms with E-state index in [1.807, 2.05) is 50.6 Å². The van der Waals surface area contributed by atoms with Gasteiger partial charge in [-0.05, 0) is 110 Å². The standard InChI is InChI=1S/C25H27N7O2.C16H14ClN5O2.C8H13N3/c1-5-32-20(14-7-6-8-17(14)30-32)11-19-23-15-10-21(33-4)16(22-12(2)31-34-13(22)3)9-18(15)27-24(23)29-25(26)28-19;1-6-12(7(2)24-22-6)9-4-10-8(5-11(9)23-3)13-14(17)20-16(18)21-15(13)19-10;1-2-11-8(9)6-4-3-5-7(6)10-11/h9-10H,5-8,11H2,1-4H3,(H3,26,27,28,29);4-5H,1-3H3,(H3,18,19,20,21);2-5,9H2,1H3. The number of aromatic nitrogens is 12. The number of H-pyrrole nitrogens is 2. The molecule has 0 bridgehead atoms. The highest BCUT2D eigenvalue weighted by Crippen LogP contribution is 2.42. The summed E-state index contributed by atoms with van der Waals surface area (Å²) in [5.41, 5.74) is 33.3. The molecule has 2 aliphatic rings. The summed E-state index contributed by atoms with van der Waals surface area (Å²) in [6.07, 6.45) is 7.40. The van der Waals surface area contributed by atoms with Crippen LogP contribution in [0.4, 0.5) is 17.7 Å². The number of nitrogen functional groups attached to an aromatic ring is 3. The molecule has 0 aliphatic heterocycles. The van der Waals surface area contributed by atoms with Crippen LogP contribution in [0.25, 0.3) is 66.1 Å². The molecule has 0 amide bonds. The Morgan fingerprint density at radius 1 is 0.652 bits per heavy atom. The van der Waals surface area contributed by atoms with E-state index in [2.05, 4.69) is 64.9 Å². The average Bonchev–Trinajstić information content (AvgIpc) is 4.21. The van der Waals surface area contributed by atoms with Crippen LogP contribution in [0.1, 0.15) is 83.5 Å². The van der Waals surface area contributed by atoms with Gasteiger partial charge in [0.15, 0.2) is 0 Å². The van der Waals surface area contributed by atoms with Crippen molar-refractivity contribution in [1.82, 2.24) is 59.8 Å². The molecule has 10 aromatic rings. The van der Waals surface area contributed by atoms with Crippen LogP contribution in [0.2, 0.25) is 5.15 Å². The molecule has 0 fully saturated rings. The van der Waals surface area contributed by atoms with Crippen LogP contribution >= 0.6 is 11.6 Å². The Hall–Kier alpha value is -7.67. The van der Waals surface area contributed by atoms with Crippen LogP contribution < -0.4 is 26.7 Å². The molecule has 8 heterocycles. The number of rotatable bonds is 8. The first-order chi connectivity index (χ1) is 33.3. The second kappa shape index (κ2) is 17.8. The first-order valence-corrected chi connectivity index (χ1v) is 23.4. The molecule has 8 N–H and O–H groups in total. The molecule has 0 radical (unpaired) electrons. The fourth-order valence-corrected chi connectivity index (χ4v) is 10.4. The summed E-state index contributed by atoms with van der Waals surface area (Å²) in [5.74, 6) is 4.17. The highest BCUT2D eigenvalue weighted by molar-refractivity contribution is 6.36. The molecule has 0 saturated heterocycles. The van der Waals surface area contributed by atoms with Gasteiger partial charge in [-0.1, -0.05) is 21.9 Å². The molecule has 69 heavy (non-hydrogen) atoms. The molecular formula is C49H54ClN15O4. The number of aromatic amines is 2. The summed E-state index contributed by atoms with van der Waals surface area (Å²) >= 11 is 6.25. The van der Waals surface area contributed by atoms with Crippen molar-refractivity contribution in [3.8, 4) is 33.8 Å². The highest BCUT2D eigenvalue weighted by atomic mass is 35.5. The van der Waals surface area contributed by atoms with Crippen LogP contribution in [0, 0.1) is 27.7 Å². The number of anilines is 3. The zero-order chi connectivity index (χ0) is 48.4. The van der Waals surface area contributed by atoms with Gasteiger partial charge in [-0.25, -0.2) is 14.6 Å². The third-order valence-electron chi connectivity index (χ3n) is 13.3. The maximum Gasteiger partial charge on any atom is 0.223 e. The number of benzene rings is 2. The fourth-order valence-electron chi connectivity index (χ4n) is 10.1. The number of aryl methyl sites for hydroxylation is 8. The second-order valence-electron chi connectivity index (χ2n) is 17.4. The van der Waals surface area contributed by atoms with Crippen molar-refractivity contribution in [2.75, 3.05) is 31.4 Å². The SMILES string of the molecule is CCn1nc2c(c1Cc1nc(N)nc3[nH]c4cc(-c5c(C)noc5C)c(OC)cc4c13)CCC2.CCn1nc2c(c1N)CCC2.COc1cc2c(cc1-c1c(C)noc1C)[nH]c1nc(N)nc(Cl)c12. The predicted octanol–water partition coefficient (Wildman–Crippen LogP) is 8.87. The molecular weight excluding hydrogens is 898 g/mol. The smallest absolute Gasteiger partial charge is 0.223 e. The number of fused-ring (bicyclic) bond motifs is 8. The number of nitrogens with two attached hydrogens (primary N) is 3. The maximum absolute atomic E-state index is 6.25. The number of hydrogen-bond acceptors (Lipinski definition) is 15. The molecule has 0 atom stereocenters. The van der Waals surface area contributed by atoms with Crippen LogP contribution in [0.5, 0.6) is 11.5 Å². The topological polar surface area (TPSA) is 267 Å². The predicted molar refractivity (Wildman–Crippen MR) is 267 cm³/mol. The van der Waals surface area contributed by atoms with Crippen LogP contribution in [0.3, 0.4) is 0 Å². The van der Waals surface area contributed by atoms with Crippen molar-refractivity contribution in [3.05, 3.63) is 86.2 Å². The minimum atomic E-state index is 0.122. The number of ether oxygens (including phenoxy) is 2. The third kappa shape index (κ3) is 7.79. The van der Waals surface area contributed by atoms with Crippen molar-refractivity contribution in [3.63, 3.8) is 0 Å². The number of nitrogens with zero attached hydrogens (tertiary/aromatic N) is 10. The Balaban J connectivity index is 0.000000136. The number of nitrogens with one attached hydrogen (secondary N) is 2. The summed E-state index contributed by atoms with van der Waals surface area (Å²) in [5, 5.41) is 21.2. The molecule has 2 aromatic carbocycles. The first kappa shape index (κ1) is 45.1. The van der Waals surface area contributed by atoms with Crippen LogP contribution in [-0.4, -0.2) is 74.0 Å². The van der Waals surface area contributed by atoms with E-state index in [1.54, 1.807) is 14.2 Å². The number of halogens is 1. The van der Waals surface area contributed by atoms with E-state index in [1.165, 1.54) is 34.6 Å². The van der Waals surface area contributed by atoms with E-state index in [0.29, 0.717) is 28.4 Å². The molecule has 20 heteroatoms. The van der Waals surface area contributed by atoms with E-state index < -0.39 is 0 Å². The van der Waals surface area contributed by atoms with Crippen molar-refractivity contribution < 1.29 is 18.5 Å². The van der Waals surface area contributed by atoms with E-state index in [0.717, 1.165) is 140 Å². The van der Waals surface area contributed by atoms with Gasteiger partial charge in [-0.2, -0.15) is 20.2 Å². The van der Waals surface area contributed by atoms with Gasteiger partial charge in [0.1, 0.15) is 45.3 Å². The van der Waals surface area contributed by atoms with Crippen molar-refractivity contribution in [2.24, 2.45) is 0 Å². The first-order valence-electron chi connectivity index (χ1n) is 23.1. The summed E-state index contributed by atoms with van der Waals surface area (Å²) < 4.78 is 26.1. The minimum Gasteiger partial charge on any atom is -0.496 e. The Morgan fingerprint density at radius 2 is 1.16 bits per heavy atom. The molecule has 19 nitrogen and oxygen atoms in total. The van der Waals surface area contributed by atoms with E-state index in [4.69, 9.17) is 57.4 Å².